The molecule has 2 unspecified atom stereocenters. The number of carbonyl (C=O) groups is 4. The van der Waals surface area contributed by atoms with E-state index in [9.17, 15) is 42.6 Å². The number of nitrogens with zero attached hydrogens (tertiary/aromatic N) is 5. The number of sulfonamides is 1. The maximum atomic E-state index is 14.0. The minimum atomic E-state index is -3.80. The van der Waals surface area contributed by atoms with Crippen LogP contribution in [0.15, 0.2) is 83.9 Å². The van der Waals surface area contributed by atoms with Crippen LogP contribution in [0.1, 0.15) is 60.8 Å². The molecule has 0 radical (unpaired) electrons. The second-order valence-electron chi connectivity index (χ2n) is 17.6. The number of anilines is 3. The van der Waals surface area contributed by atoms with Crippen molar-refractivity contribution in [3.05, 3.63) is 105 Å². The summed E-state index contributed by atoms with van der Waals surface area (Å²) in [5.74, 6) is -2.65. The number of amides is 4. The summed E-state index contributed by atoms with van der Waals surface area (Å²) >= 11 is 7.56. The van der Waals surface area contributed by atoms with Gasteiger partial charge in [-0.3, -0.25) is 24.0 Å². The van der Waals surface area contributed by atoms with Gasteiger partial charge in [-0.25, -0.2) is 22.8 Å². The Balaban J connectivity index is 0.858. The Morgan fingerprint density at radius 2 is 1.69 bits per heavy atom. The van der Waals surface area contributed by atoms with Crippen LogP contribution in [-0.2, 0) is 32.4 Å². The number of halogens is 1. The van der Waals surface area contributed by atoms with Gasteiger partial charge in [0.2, 0.25) is 21.8 Å². The highest BCUT2D eigenvalue weighted by molar-refractivity contribution is 7.88. The summed E-state index contributed by atoms with van der Waals surface area (Å²) < 4.78 is 38.0. The average Bonchev–Trinajstić information content (AvgIpc) is 3.73. The molecule has 2 atom stereocenters. The summed E-state index contributed by atoms with van der Waals surface area (Å²) in [6.07, 6.45) is 1.42. The van der Waals surface area contributed by atoms with Gasteiger partial charge in [-0.05, 0) is 86.7 Å². The number of nitrogens with one attached hydrogen (secondary N) is 3. The number of imide groups is 1. The lowest BCUT2D eigenvalue weighted by atomic mass is 9.89. The summed E-state index contributed by atoms with van der Waals surface area (Å²) in [6.45, 7) is 8.99. The number of rotatable bonds is 13. The van der Waals surface area contributed by atoms with Crippen LogP contribution in [0, 0.1) is 0 Å². The first-order valence-corrected chi connectivity index (χ1v) is 24.5. The van der Waals surface area contributed by atoms with Gasteiger partial charge in [0.05, 0.1) is 21.7 Å². The number of piperidine rings is 2. The molecule has 3 fully saturated rings. The third-order valence-electron chi connectivity index (χ3n) is 12.4. The van der Waals surface area contributed by atoms with Crippen LogP contribution in [0.2, 0.25) is 5.02 Å². The van der Waals surface area contributed by atoms with Crippen LogP contribution < -0.4 is 31.3 Å². The Bertz CT molecular complexity index is 2970. The van der Waals surface area contributed by atoms with Crippen molar-refractivity contribution in [1.82, 2.24) is 23.7 Å². The molecule has 21 heteroatoms. The van der Waals surface area contributed by atoms with Crippen molar-refractivity contribution in [1.29, 1.82) is 0 Å². The van der Waals surface area contributed by atoms with Crippen LogP contribution >= 0.6 is 22.9 Å². The molecular weight excluding hydrogens is 924 g/mol. The van der Waals surface area contributed by atoms with Crippen molar-refractivity contribution in [3.63, 3.8) is 0 Å². The molecule has 3 saturated heterocycles. The number of carbonyl (C=O) groups excluding carboxylic acids is 3. The van der Waals surface area contributed by atoms with Crippen LogP contribution in [0.25, 0.3) is 21.5 Å². The number of urea groups is 1. The standard InChI is InChI=1S/C46H51ClN8O10S2/c1-27(56)25-65-39-38(47)40(66-41(39)43(59)60)29-8-6-10-31(22-29)48-32-15-16-54(46(2,3)24-32)67(63,64)26-28-7-5-9-30(21-28)49-44(61)53-19-17-52(18-20-53)33-11-12-34-36(23-33)51(4)45(62)55(34)35-13-14-37(57)50-42(35)58/h5-12,21-23,32,35,48,56H,1,13-20,24-26H2,2-4H3,(H,49,61)(H,59,60)(H,50,57,58). The van der Waals surface area contributed by atoms with Crippen LogP contribution in [0.3, 0.4) is 0 Å². The van der Waals surface area contributed by atoms with E-state index >= 15 is 0 Å². The Labute approximate surface area is 395 Å². The van der Waals surface area contributed by atoms with Crippen molar-refractivity contribution < 1.29 is 42.5 Å². The number of carboxylic acids is 1. The molecular formula is C46H51ClN8O10S2. The van der Waals surface area contributed by atoms with Gasteiger partial charge in [0.25, 0.3) is 0 Å². The minimum absolute atomic E-state index is 0.0481. The van der Waals surface area contributed by atoms with Crippen molar-refractivity contribution in [2.45, 2.75) is 62.9 Å². The maximum absolute atomic E-state index is 14.0. The highest BCUT2D eigenvalue weighted by Gasteiger charge is 2.42. The number of piperazine rings is 1. The van der Waals surface area contributed by atoms with E-state index in [0.717, 1.165) is 22.7 Å². The Kier molecular flexibility index (Phi) is 13.2. The molecule has 5 heterocycles. The summed E-state index contributed by atoms with van der Waals surface area (Å²) in [5.41, 5.74) is 3.41. The number of benzene rings is 3. The molecule has 5 aromatic rings. The molecule has 0 aliphatic carbocycles. The zero-order valence-corrected chi connectivity index (χ0v) is 39.5. The first kappa shape index (κ1) is 47.2. The minimum Gasteiger partial charge on any atom is -0.509 e. The summed E-state index contributed by atoms with van der Waals surface area (Å²) in [7, 11) is -2.15. The van der Waals surface area contributed by atoms with Gasteiger partial charge in [0.1, 0.15) is 23.4 Å². The fourth-order valence-corrected chi connectivity index (χ4v) is 12.6. The zero-order chi connectivity index (χ0) is 47.9. The maximum Gasteiger partial charge on any atom is 0.349 e. The number of hydrogen-bond acceptors (Lipinski definition) is 12. The zero-order valence-electron chi connectivity index (χ0n) is 37.1. The molecule has 4 amide bonds. The number of aliphatic hydroxyl groups excluding tert-OH is 1. The molecule has 3 aliphatic rings. The lowest BCUT2D eigenvalue weighted by Gasteiger charge is -2.45. The lowest BCUT2D eigenvalue weighted by molar-refractivity contribution is -0.135. The predicted molar refractivity (Wildman–Crippen MR) is 257 cm³/mol. The van der Waals surface area contributed by atoms with Crippen molar-refractivity contribution in [2.24, 2.45) is 7.05 Å². The van der Waals surface area contributed by atoms with E-state index in [4.69, 9.17) is 16.3 Å². The second kappa shape index (κ2) is 18.7. The third-order valence-corrected chi connectivity index (χ3v) is 16.1. The largest absolute Gasteiger partial charge is 0.509 e. The fraction of sp³-hybridized carbons (Fsp3) is 0.370. The molecule has 3 aromatic carbocycles. The molecule has 8 rings (SSSR count). The van der Waals surface area contributed by atoms with E-state index in [2.05, 4.69) is 27.4 Å². The highest BCUT2D eigenvalue weighted by atomic mass is 35.5. The molecule has 354 valence electrons. The molecule has 0 saturated carbocycles. The number of carboxylic acid groups (broad SMARTS) is 1. The van der Waals surface area contributed by atoms with Gasteiger partial charge in [0.15, 0.2) is 10.6 Å². The van der Waals surface area contributed by atoms with Crippen LogP contribution in [0.4, 0.5) is 21.9 Å². The molecule has 67 heavy (non-hydrogen) atoms. The summed E-state index contributed by atoms with van der Waals surface area (Å²) in [6, 6.07) is 18.6. The van der Waals surface area contributed by atoms with Gasteiger partial charge in [0, 0.05) is 74.8 Å². The van der Waals surface area contributed by atoms with Crippen LogP contribution in [0.5, 0.6) is 5.75 Å². The quantitative estimate of drug-likeness (QED) is 0.0640. The van der Waals surface area contributed by atoms with Gasteiger partial charge in [-0.2, -0.15) is 4.31 Å². The summed E-state index contributed by atoms with van der Waals surface area (Å²) in [5, 5.41) is 28.2. The number of ether oxygens (including phenoxy) is 1. The fourth-order valence-electron chi connectivity index (χ4n) is 9.19. The van der Waals surface area contributed by atoms with Gasteiger partial charge < -0.3 is 35.4 Å². The number of hydrogen-bond donors (Lipinski definition) is 5. The SMILES string of the molecule is C=C(O)COc1c(C(=O)O)sc(-c2cccc(NC3CCN(S(=O)(=O)Cc4cccc(NC(=O)N5CCN(c6ccc7c(c6)n(C)c(=O)n7C6CCC(=O)NC6=O)CC5)c4)C(C)(C)C3)c2)c1Cl. The first-order chi connectivity index (χ1) is 31.8. The normalized spacial score (nSPS) is 19.0. The average molecular weight is 976 g/mol. The lowest BCUT2D eigenvalue weighted by Crippen LogP contribution is -2.55. The first-order valence-electron chi connectivity index (χ1n) is 21.7. The smallest absolute Gasteiger partial charge is 0.349 e. The van der Waals surface area contributed by atoms with Crippen molar-refractivity contribution in [2.75, 3.05) is 54.9 Å². The van der Waals surface area contributed by atoms with E-state index in [1.807, 2.05) is 50.2 Å². The predicted octanol–water partition coefficient (Wildman–Crippen LogP) is 6.39. The van der Waals surface area contributed by atoms with Gasteiger partial charge in [-0.15, -0.1) is 11.3 Å². The number of aliphatic hydroxyl groups is 1. The molecule has 0 spiro atoms. The van der Waals surface area contributed by atoms with E-state index in [-0.39, 0.29) is 76.8 Å². The highest BCUT2D eigenvalue weighted by Crippen LogP contribution is 2.46. The molecule has 5 N–H and O–H groups in total. The second-order valence-corrected chi connectivity index (χ2v) is 20.9. The Hall–Kier alpha value is -6.35. The van der Waals surface area contributed by atoms with Crippen LogP contribution in [-0.4, -0.2) is 112 Å². The van der Waals surface area contributed by atoms with Gasteiger partial charge in [-0.1, -0.05) is 42.4 Å². The number of aromatic nitrogens is 2. The number of imidazole rings is 1. The number of thiophene rings is 1. The third kappa shape index (κ3) is 9.88. The Morgan fingerprint density at radius 3 is 2.39 bits per heavy atom. The Morgan fingerprint density at radius 1 is 0.955 bits per heavy atom. The number of fused-ring (bicyclic) bond motifs is 1. The van der Waals surface area contributed by atoms with E-state index < -0.39 is 33.5 Å². The van der Waals surface area contributed by atoms with E-state index in [1.165, 1.54) is 9.13 Å². The summed E-state index contributed by atoms with van der Waals surface area (Å²) in [4.78, 5) is 67.2. The topological polar surface area (TPSA) is 225 Å². The molecule has 18 nitrogen and oxygen atoms in total. The van der Waals surface area contributed by atoms with Crippen molar-refractivity contribution in [3.8, 4) is 16.2 Å². The number of aromatic carboxylic acids is 1. The number of aryl methyl sites for hydroxylation is 1. The van der Waals surface area contributed by atoms with Crippen molar-refractivity contribution >= 4 is 84.9 Å². The molecule has 2 aromatic heterocycles. The van der Waals surface area contributed by atoms with Gasteiger partial charge >= 0.3 is 17.7 Å². The monoisotopic (exact) mass is 974 g/mol. The molecule has 3 aliphatic heterocycles. The van der Waals surface area contributed by atoms with E-state index in [0.29, 0.717) is 71.7 Å². The van der Waals surface area contributed by atoms with E-state index in [1.54, 1.807) is 46.6 Å². The molecule has 0 bridgehead atoms.